The SMILES string of the molecule is CCCCN(C)c1nnc(NC(=O)Nc2cc(C)cc(C)c2)s1. The van der Waals surface area contributed by atoms with Gasteiger partial charge in [-0.2, -0.15) is 0 Å². The number of hydrogen-bond acceptors (Lipinski definition) is 5. The number of nitrogens with zero attached hydrogens (tertiary/aromatic N) is 3. The van der Waals surface area contributed by atoms with E-state index in [1.54, 1.807) is 0 Å². The molecule has 7 heteroatoms. The summed E-state index contributed by atoms with van der Waals surface area (Å²) in [5.41, 5.74) is 2.98. The number of anilines is 3. The molecule has 2 rings (SSSR count). The molecule has 0 bridgehead atoms. The number of unbranched alkanes of at least 4 members (excludes halogenated alkanes) is 1. The molecule has 2 amide bonds. The molecule has 23 heavy (non-hydrogen) atoms. The van der Waals surface area contributed by atoms with Crippen molar-refractivity contribution in [3.63, 3.8) is 0 Å². The van der Waals surface area contributed by atoms with Crippen molar-refractivity contribution in [1.29, 1.82) is 0 Å². The van der Waals surface area contributed by atoms with Gasteiger partial charge in [-0.25, -0.2) is 4.79 Å². The Bertz CT molecular complexity index is 650. The number of urea groups is 1. The Balaban J connectivity index is 1.94. The highest BCUT2D eigenvalue weighted by Crippen LogP contribution is 2.23. The van der Waals surface area contributed by atoms with Gasteiger partial charge in [0.25, 0.3) is 0 Å². The third-order valence-electron chi connectivity index (χ3n) is 3.29. The molecular formula is C16H23N5OS. The highest BCUT2D eigenvalue weighted by atomic mass is 32.1. The molecule has 6 nitrogen and oxygen atoms in total. The van der Waals surface area contributed by atoms with E-state index >= 15 is 0 Å². The van der Waals surface area contributed by atoms with E-state index in [0.29, 0.717) is 5.13 Å². The standard InChI is InChI=1S/C16H23N5OS/c1-5-6-7-21(4)16-20-19-15(23-16)18-14(22)17-13-9-11(2)8-12(3)10-13/h8-10H,5-7H2,1-4H3,(H2,17,18,19,22). The van der Waals surface area contributed by atoms with Gasteiger partial charge in [-0.05, 0) is 43.5 Å². The number of hydrogen-bond donors (Lipinski definition) is 2. The van der Waals surface area contributed by atoms with Crippen LogP contribution in [0.2, 0.25) is 0 Å². The third-order valence-corrected chi connectivity index (χ3v) is 4.24. The molecule has 1 aromatic heterocycles. The number of aryl methyl sites for hydroxylation is 2. The minimum absolute atomic E-state index is 0.311. The van der Waals surface area contributed by atoms with Crippen molar-refractivity contribution < 1.29 is 4.79 Å². The first-order chi connectivity index (χ1) is 11.0. The second kappa shape index (κ2) is 7.92. The lowest BCUT2D eigenvalue weighted by molar-refractivity contribution is 0.262. The van der Waals surface area contributed by atoms with E-state index in [1.165, 1.54) is 11.3 Å². The molecule has 0 radical (unpaired) electrons. The summed E-state index contributed by atoms with van der Waals surface area (Å²) in [6.45, 7) is 7.08. The molecule has 0 aliphatic carbocycles. The largest absolute Gasteiger partial charge is 0.350 e. The Morgan fingerprint density at radius 2 is 1.87 bits per heavy atom. The summed E-state index contributed by atoms with van der Waals surface area (Å²) in [6.07, 6.45) is 2.23. The first-order valence-electron chi connectivity index (χ1n) is 7.69. The second-order valence-corrected chi connectivity index (χ2v) is 6.58. The maximum atomic E-state index is 12.1. The van der Waals surface area contributed by atoms with Gasteiger partial charge in [0.15, 0.2) is 0 Å². The van der Waals surface area contributed by atoms with Crippen LogP contribution in [0.1, 0.15) is 30.9 Å². The van der Waals surface area contributed by atoms with Crippen LogP contribution < -0.4 is 15.5 Å². The van der Waals surface area contributed by atoms with Gasteiger partial charge in [0.05, 0.1) is 0 Å². The van der Waals surface area contributed by atoms with Gasteiger partial charge < -0.3 is 10.2 Å². The Hall–Kier alpha value is -2.15. The quantitative estimate of drug-likeness (QED) is 0.837. The summed E-state index contributed by atoms with van der Waals surface area (Å²) in [7, 11) is 1.98. The van der Waals surface area contributed by atoms with Crippen molar-refractivity contribution in [2.45, 2.75) is 33.6 Å². The maximum Gasteiger partial charge on any atom is 0.325 e. The molecule has 2 N–H and O–H groups in total. The fourth-order valence-electron chi connectivity index (χ4n) is 2.22. The number of benzene rings is 1. The van der Waals surface area contributed by atoms with Gasteiger partial charge in [0, 0.05) is 19.3 Å². The van der Waals surface area contributed by atoms with E-state index in [2.05, 4.69) is 33.8 Å². The van der Waals surface area contributed by atoms with Crippen molar-refractivity contribution in [1.82, 2.24) is 10.2 Å². The number of nitrogens with one attached hydrogen (secondary N) is 2. The molecule has 0 spiro atoms. The van der Waals surface area contributed by atoms with Crippen LogP contribution in [-0.2, 0) is 0 Å². The fourth-order valence-corrected chi connectivity index (χ4v) is 2.94. The third kappa shape index (κ3) is 5.21. The normalized spacial score (nSPS) is 10.4. The molecule has 0 aliphatic rings. The predicted molar refractivity (Wildman–Crippen MR) is 96.6 cm³/mol. The fraction of sp³-hybridized carbons (Fsp3) is 0.438. The van der Waals surface area contributed by atoms with Crippen molar-refractivity contribution in [3.8, 4) is 0 Å². The van der Waals surface area contributed by atoms with Gasteiger partial charge in [0.1, 0.15) is 0 Å². The number of amides is 2. The molecule has 0 atom stereocenters. The van der Waals surface area contributed by atoms with Crippen LogP contribution >= 0.6 is 11.3 Å². The van der Waals surface area contributed by atoms with Gasteiger partial charge >= 0.3 is 6.03 Å². The lowest BCUT2D eigenvalue weighted by atomic mass is 10.1. The molecule has 0 aliphatic heterocycles. The molecule has 0 unspecified atom stereocenters. The highest BCUT2D eigenvalue weighted by Gasteiger charge is 2.11. The van der Waals surface area contributed by atoms with Crippen molar-refractivity contribution in [2.75, 3.05) is 29.1 Å². The summed E-state index contributed by atoms with van der Waals surface area (Å²) >= 11 is 1.37. The summed E-state index contributed by atoms with van der Waals surface area (Å²) in [5, 5.41) is 15.0. The Kier molecular flexibility index (Phi) is 5.92. The zero-order valence-corrected chi connectivity index (χ0v) is 14.8. The van der Waals surface area contributed by atoms with Crippen molar-refractivity contribution >= 4 is 33.3 Å². The predicted octanol–water partition coefficient (Wildman–Crippen LogP) is 4.04. The van der Waals surface area contributed by atoms with Gasteiger partial charge in [-0.1, -0.05) is 30.7 Å². The zero-order chi connectivity index (χ0) is 16.8. The van der Waals surface area contributed by atoms with Crippen LogP contribution in [0.5, 0.6) is 0 Å². The van der Waals surface area contributed by atoms with E-state index in [-0.39, 0.29) is 6.03 Å². The summed E-state index contributed by atoms with van der Waals surface area (Å²) in [6, 6.07) is 5.60. The zero-order valence-electron chi connectivity index (χ0n) is 14.0. The van der Waals surface area contributed by atoms with Crippen molar-refractivity contribution in [2.24, 2.45) is 0 Å². The minimum atomic E-state index is -0.311. The summed E-state index contributed by atoms with van der Waals surface area (Å²) in [4.78, 5) is 14.1. The molecule has 0 saturated carbocycles. The van der Waals surface area contributed by atoms with E-state index in [9.17, 15) is 4.79 Å². The van der Waals surface area contributed by atoms with E-state index in [1.807, 2.05) is 37.9 Å². The number of rotatable bonds is 6. The Morgan fingerprint density at radius 3 is 2.52 bits per heavy atom. The lowest BCUT2D eigenvalue weighted by Crippen LogP contribution is -2.19. The monoisotopic (exact) mass is 333 g/mol. The summed E-state index contributed by atoms with van der Waals surface area (Å²) in [5.74, 6) is 0. The average Bonchev–Trinajstić information content (AvgIpc) is 2.91. The van der Waals surface area contributed by atoms with Gasteiger partial charge in [0.2, 0.25) is 10.3 Å². The molecule has 1 heterocycles. The van der Waals surface area contributed by atoms with Gasteiger partial charge in [-0.3, -0.25) is 5.32 Å². The minimum Gasteiger partial charge on any atom is -0.350 e. The van der Waals surface area contributed by atoms with Crippen LogP contribution in [0.3, 0.4) is 0 Å². The first-order valence-corrected chi connectivity index (χ1v) is 8.50. The van der Waals surface area contributed by atoms with Crippen molar-refractivity contribution in [3.05, 3.63) is 29.3 Å². The molecule has 1 aromatic carbocycles. The van der Waals surface area contributed by atoms with Crippen LogP contribution in [-0.4, -0.2) is 29.8 Å². The Labute approximate surface area is 140 Å². The lowest BCUT2D eigenvalue weighted by Gasteiger charge is -2.13. The van der Waals surface area contributed by atoms with E-state index in [0.717, 1.165) is 41.3 Å². The van der Waals surface area contributed by atoms with Crippen LogP contribution in [0.25, 0.3) is 0 Å². The summed E-state index contributed by atoms with van der Waals surface area (Å²) < 4.78 is 0. The van der Waals surface area contributed by atoms with Crippen LogP contribution in [0, 0.1) is 13.8 Å². The smallest absolute Gasteiger partial charge is 0.325 e. The average molecular weight is 333 g/mol. The molecule has 2 aromatic rings. The molecule has 124 valence electrons. The maximum absolute atomic E-state index is 12.1. The molecule has 0 saturated heterocycles. The molecule has 0 fully saturated rings. The number of carbonyl (C=O) groups excluding carboxylic acids is 1. The van der Waals surface area contributed by atoms with Crippen LogP contribution in [0.15, 0.2) is 18.2 Å². The van der Waals surface area contributed by atoms with E-state index in [4.69, 9.17) is 0 Å². The number of carbonyl (C=O) groups is 1. The van der Waals surface area contributed by atoms with Crippen LogP contribution in [0.4, 0.5) is 20.7 Å². The highest BCUT2D eigenvalue weighted by molar-refractivity contribution is 7.19. The number of aromatic nitrogens is 2. The second-order valence-electron chi connectivity index (χ2n) is 5.62. The topological polar surface area (TPSA) is 70.2 Å². The first kappa shape index (κ1) is 17.2. The van der Waals surface area contributed by atoms with E-state index < -0.39 is 0 Å². The van der Waals surface area contributed by atoms with Gasteiger partial charge in [-0.15, -0.1) is 10.2 Å². The Morgan fingerprint density at radius 1 is 1.17 bits per heavy atom. The molecular weight excluding hydrogens is 310 g/mol.